The highest BCUT2D eigenvalue weighted by molar-refractivity contribution is 7.89. The number of carbonyl (C=O) groups excluding carboxylic acids is 1. The van der Waals surface area contributed by atoms with Crippen molar-refractivity contribution < 1.29 is 17.9 Å². The Morgan fingerprint density at radius 2 is 2.29 bits per heavy atom. The van der Waals surface area contributed by atoms with E-state index in [-0.39, 0.29) is 22.1 Å². The predicted molar refractivity (Wildman–Crippen MR) is 77.4 cm³/mol. The van der Waals surface area contributed by atoms with E-state index < -0.39 is 10.0 Å². The molecule has 1 saturated heterocycles. The highest BCUT2D eigenvalue weighted by atomic mass is 32.2. The molecule has 1 aliphatic rings. The molecule has 7 nitrogen and oxygen atoms in total. The van der Waals surface area contributed by atoms with E-state index in [1.165, 1.54) is 12.3 Å². The van der Waals surface area contributed by atoms with Crippen molar-refractivity contribution in [3.8, 4) is 0 Å². The Labute approximate surface area is 124 Å². The number of nitrogens with zero attached hydrogens (tertiary/aromatic N) is 1. The van der Waals surface area contributed by atoms with Crippen LogP contribution in [0.5, 0.6) is 0 Å². The number of hydrogen-bond donors (Lipinski definition) is 2. The highest BCUT2D eigenvalue weighted by Gasteiger charge is 2.30. The Bertz CT molecular complexity index is 630. The lowest BCUT2D eigenvalue weighted by Crippen LogP contribution is -2.40. The first-order valence-electron chi connectivity index (χ1n) is 6.90. The van der Waals surface area contributed by atoms with Gasteiger partial charge in [0.15, 0.2) is 0 Å². The number of aromatic nitrogens is 1. The van der Waals surface area contributed by atoms with E-state index in [1.807, 2.05) is 13.8 Å². The molecule has 118 valence electrons. The van der Waals surface area contributed by atoms with Gasteiger partial charge >= 0.3 is 0 Å². The predicted octanol–water partition coefficient (Wildman–Crippen LogP) is 0.454. The lowest BCUT2D eigenvalue weighted by atomic mass is 10.0. The zero-order valence-corrected chi connectivity index (χ0v) is 13.1. The van der Waals surface area contributed by atoms with Crippen LogP contribution in [0.15, 0.2) is 17.2 Å². The van der Waals surface area contributed by atoms with E-state index in [9.17, 15) is 13.2 Å². The second-order valence-electron chi connectivity index (χ2n) is 5.48. The molecule has 1 aliphatic heterocycles. The van der Waals surface area contributed by atoms with Gasteiger partial charge in [-0.1, -0.05) is 0 Å². The van der Waals surface area contributed by atoms with Crippen LogP contribution in [0.1, 0.15) is 37.2 Å². The van der Waals surface area contributed by atoms with Gasteiger partial charge in [-0.2, -0.15) is 0 Å². The van der Waals surface area contributed by atoms with Crippen molar-refractivity contribution in [2.75, 3.05) is 13.2 Å². The van der Waals surface area contributed by atoms with E-state index in [4.69, 9.17) is 9.88 Å². The summed E-state index contributed by atoms with van der Waals surface area (Å²) in [6.07, 6.45) is 3.25. The third kappa shape index (κ3) is 3.63. The second-order valence-corrected chi connectivity index (χ2v) is 7.04. The van der Waals surface area contributed by atoms with Gasteiger partial charge in [0.1, 0.15) is 10.6 Å². The third-order valence-corrected chi connectivity index (χ3v) is 4.58. The maximum absolute atomic E-state index is 12.2. The normalized spacial score (nSPS) is 22.4. The molecule has 2 heterocycles. The van der Waals surface area contributed by atoms with E-state index in [0.29, 0.717) is 19.7 Å². The summed E-state index contributed by atoms with van der Waals surface area (Å²) in [5.41, 5.74) is -0.0645. The molecule has 0 spiro atoms. The molecule has 1 atom stereocenters. The number of ether oxygens (including phenoxy) is 1. The van der Waals surface area contributed by atoms with Crippen LogP contribution in [0.4, 0.5) is 0 Å². The number of amides is 1. The van der Waals surface area contributed by atoms with Crippen molar-refractivity contribution in [3.63, 3.8) is 0 Å². The standard InChI is InChI=1S/C13H21N3O4S/c1-3-16-8-10(21(14,18)19)7-11(16)12(17)15-9-13(2)5-4-6-20-13/h7-8H,3-6,9H2,1-2H3,(H,15,17)(H2,14,18,19). The minimum absolute atomic E-state index is 0.0576. The largest absolute Gasteiger partial charge is 0.373 e. The van der Waals surface area contributed by atoms with E-state index in [2.05, 4.69) is 5.32 Å². The summed E-state index contributed by atoms with van der Waals surface area (Å²) in [6.45, 7) is 5.35. The quantitative estimate of drug-likeness (QED) is 0.823. The van der Waals surface area contributed by atoms with Gasteiger partial charge in [-0.15, -0.1) is 0 Å². The van der Waals surface area contributed by atoms with Crippen LogP contribution in [0, 0.1) is 0 Å². The lowest BCUT2D eigenvalue weighted by Gasteiger charge is -2.23. The maximum Gasteiger partial charge on any atom is 0.268 e. The average Bonchev–Trinajstić information content (AvgIpc) is 3.02. The molecule has 0 saturated carbocycles. The third-order valence-electron chi connectivity index (χ3n) is 3.70. The van der Waals surface area contributed by atoms with E-state index >= 15 is 0 Å². The molecule has 1 aromatic rings. The van der Waals surface area contributed by atoms with Crippen LogP contribution in [-0.2, 0) is 21.3 Å². The number of nitrogens with one attached hydrogen (secondary N) is 1. The molecule has 1 amide bonds. The van der Waals surface area contributed by atoms with Crippen molar-refractivity contribution in [2.24, 2.45) is 5.14 Å². The Kier molecular flexibility index (Phi) is 4.40. The molecule has 0 aromatic carbocycles. The zero-order chi connectivity index (χ0) is 15.7. The van der Waals surface area contributed by atoms with Crippen LogP contribution >= 0.6 is 0 Å². The van der Waals surface area contributed by atoms with Crippen molar-refractivity contribution in [1.82, 2.24) is 9.88 Å². The van der Waals surface area contributed by atoms with Gasteiger partial charge in [-0.05, 0) is 32.8 Å². The van der Waals surface area contributed by atoms with Gasteiger partial charge in [0.2, 0.25) is 10.0 Å². The number of primary sulfonamides is 1. The van der Waals surface area contributed by atoms with Crippen molar-refractivity contribution in [1.29, 1.82) is 0 Å². The number of aryl methyl sites for hydroxylation is 1. The summed E-state index contributed by atoms with van der Waals surface area (Å²) in [5, 5.41) is 7.90. The molecule has 2 rings (SSSR count). The molecular formula is C13H21N3O4S. The number of nitrogens with two attached hydrogens (primary N) is 1. The highest BCUT2D eigenvalue weighted by Crippen LogP contribution is 2.24. The van der Waals surface area contributed by atoms with E-state index in [1.54, 1.807) is 4.57 Å². The number of carbonyl (C=O) groups is 1. The van der Waals surface area contributed by atoms with Crippen LogP contribution in [0.2, 0.25) is 0 Å². The summed E-state index contributed by atoms with van der Waals surface area (Å²) in [6, 6.07) is 1.30. The van der Waals surface area contributed by atoms with Crippen LogP contribution in [0.25, 0.3) is 0 Å². The first-order valence-corrected chi connectivity index (χ1v) is 8.45. The average molecular weight is 315 g/mol. The number of sulfonamides is 1. The maximum atomic E-state index is 12.2. The Morgan fingerprint density at radius 3 is 2.81 bits per heavy atom. The SMILES string of the molecule is CCn1cc(S(N)(=O)=O)cc1C(=O)NCC1(C)CCCO1. The Balaban J connectivity index is 2.13. The Morgan fingerprint density at radius 1 is 1.57 bits per heavy atom. The van der Waals surface area contributed by atoms with Crippen molar-refractivity contribution in [2.45, 2.75) is 43.7 Å². The van der Waals surface area contributed by atoms with Crippen molar-refractivity contribution in [3.05, 3.63) is 18.0 Å². The molecule has 0 bridgehead atoms. The van der Waals surface area contributed by atoms with Gasteiger partial charge in [-0.3, -0.25) is 4.79 Å². The van der Waals surface area contributed by atoms with Crippen LogP contribution in [0.3, 0.4) is 0 Å². The lowest BCUT2D eigenvalue weighted by molar-refractivity contribution is 0.0205. The minimum Gasteiger partial charge on any atom is -0.373 e. The summed E-state index contributed by atoms with van der Waals surface area (Å²) in [5.74, 6) is -0.330. The summed E-state index contributed by atoms with van der Waals surface area (Å²) in [4.78, 5) is 12.2. The first kappa shape index (κ1) is 16.0. The van der Waals surface area contributed by atoms with Crippen molar-refractivity contribution >= 4 is 15.9 Å². The summed E-state index contributed by atoms with van der Waals surface area (Å²) in [7, 11) is -3.82. The first-order chi connectivity index (χ1) is 9.75. The molecule has 1 unspecified atom stereocenters. The molecule has 0 aliphatic carbocycles. The second kappa shape index (κ2) is 5.78. The van der Waals surface area contributed by atoms with Crippen LogP contribution < -0.4 is 10.5 Å². The zero-order valence-electron chi connectivity index (χ0n) is 12.3. The minimum atomic E-state index is -3.82. The summed E-state index contributed by atoms with van der Waals surface area (Å²) < 4.78 is 29.9. The smallest absolute Gasteiger partial charge is 0.268 e. The topological polar surface area (TPSA) is 103 Å². The fraction of sp³-hybridized carbons (Fsp3) is 0.615. The molecular weight excluding hydrogens is 294 g/mol. The number of hydrogen-bond acceptors (Lipinski definition) is 4. The number of rotatable bonds is 5. The molecule has 0 radical (unpaired) electrons. The molecule has 3 N–H and O–H groups in total. The van der Waals surface area contributed by atoms with Gasteiger partial charge in [0.05, 0.1) is 5.60 Å². The Hall–Kier alpha value is -1.38. The molecule has 1 aromatic heterocycles. The summed E-state index contributed by atoms with van der Waals surface area (Å²) >= 11 is 0. The molecule has 1 fully saturated rings. The van der Waals surface area contributed by atoms with E-state index in [0.717, 1.165) is 12.8 Å². The van der Waals surface area contributed by atoms with Crippen LogP contribution in [-0.4, -0.2) is 37.6 Å². The van der Waals surface area contributed by atoms with Gasteiger partial charge in [-0.25, -0.2) is 13.6 Å². The molecule has 8 heteroatoms. The van der Waals surface area contributed by atoms with Gasteiger partial charge in [0, 0.05) is 25.9 Å². The fourth-order valence-electron chi connectivity index (χ4n) is 2.43. The van der Waals surface area contributed by atoms with Gasteiger partial charge < -0.3 is 14.6 Å². The fourth-order valence-corrected chi connectivity index (χ4v) is 2.98. The molecule has 21 heavy (non-hydrogen) atoms. The van der Waals surface area contributed by atoms with Gasteiger partial charge in [0.25, 0.3) is 5.91 Å². The monoisotopic (exact) mass is 315 g/mol.